The molecule has 24 heavy (non-hydrogen) atoms. The van der Waals surface area contributed by atoms with Gasteiger partial charge in [0.1, 0.15) is 11.9 Å². The zero-order valence-electron chi connectivity index (χ0n) is 13.5. The zero-order valence-corrected chi connectivity index (χ0v) is 13.5. The molecule has 1 saturated heterocycles. The maximum Gasteiger partial charge on any atom is 0.254 e. The van der Waals surface area contributed by atoms with Crippen molar-refractivity contribution in [3.05, 3.63) is 65.5 Å². The smallest absolute Gasteiger partial charge is 0.254 e. The van der Waals surface area contributed by atoms with Crippen LogP contribution in [0.2, 0.25) is 0 Å². The molecule has 1 heterocycles. The van der Waals surface area contributed by atoms with Crippen LogP contribution in [0.25, 0.3) is 0 Å². The van der Waals surface area contributed by atoms with Crippen molar-refractivity contribution in [2.24, 2.45) is 0 Å². The Labute approximate surface area is 140 Å². The molecule has 1 aliphatic heterocycles. The molecule has 2 aromatic rings. The highest BCUT2D eigenvalue weighted by molar-refractivity contribution is 6.01. The fraction of sp³-hybridized carbons (Fsp3) is 0.263. The van der Waals surface area contributed by atoms with Crippen molar-refractivity contribution in [3.63, 3.8) is 0 Å². The van der Waals surface area contributed by atoms with Crippen LogP contribution in [0.1, 0.15) is 28.8 Å². The molecular formula is C19H19FN2O2. The Balaban J connectivity index is 1.75. The molecule has 4 nitrogen and oxygen atoms in total. The topological polar surface area (TPSA) is 49.4 Å². The number of rotatable bonds is 3. The molecule has 2 amide bonds. The number of benzene rings is 2. The first-order chi connectivity index (χ1) is 11.6. The lowest BCUT2D eigenvalue weighted by atomic mass is 10.1. The molecule has 0 aliphatic carbocycles. The summed E-state index contributed by atoms with van der Waals surface area (Å²) in [5.74, 6) is -0.706. The summed E-state index contributed by atoms with van der Waals surface area (Å²) < 4.78 is 13.2. The van der Waals surface area contributed by atoms with Crippen LogP contribution < -0.4 is 5.32 Å². The molecular weight excluding hydrogens is 307 g/mol. The number of carbonyl (C=O) groups is 2. The van der Waals surface area contributed by atoms with Gasteiger partial charge in [0, 0.05) is 17.8 Å². The van der Waals surface area contributed by atoms with Crippen LogP contribution in [-0.4, -0.2) is 29.3 Å². The molecule has 2 aromatic carbocycles. The van der Waals surface area contributed by atoms with Gasteiger partial charge in [0.15, 0.2) is 0 Å². The molecule has 0 bridgehead atoms. The number of hydrogen-bond donors (Lipinski definition) is 1. The number of amides is 2. The van der Waals surface area contributed by atoms with Gasteiger partial charge in [0.25, 0.3) is 5.91 Å². The van der Waals surface area contributed by atoms with E-state index in [1.807, 2.05) is 6.07 Å². The number of nitrogens with one attached hydrogen (secondary N) is 1. The summed E-state index contributed by atoms with van der Waals surface area (Å²) in [4.78, 5) is 26.8. The van der Waals surface area contributed by atoms with Crippen LogP contribution in [0.3, 0.4) is 0 Å². The van der Waals surface area contributed by atoms with E-state index in [1.165, 1.54) is 12.1 Å². The van der Waals surface area contributed by atoms with E-state index in [4.69, 9.17) is 0 Å². The molecule has 1 fully saturated rings. The molecule has 1 atom stereocenters. The fourth-order valence-electron chi connectivity index (χ4n) is 3.01. The van der Waals surface area contributed by atoms with Gasteiger partial charge in [-0.15, -0.1) is 0 Å². The summed E-state index contributed by atoms with van der Waals surface area (Å²) in [6, 6.07) is 12.7. The van der Waals surface area contributed by atoms with Gasteiger partial charge in [-0.3, -0.25) is 9.59 Å². The maximum absolute atomic E-state index is 13.2. The van der Waals surface area contributed by atoms with Gasteiger partial charge < -0.3 is 10.2 Å². The van der Waals surface area contributed by atoms with Gasteiger partial charge in [0.2, 0.25) is 5.91 Å². The first-order valence-electron chi connectivity index (χ1n) is 7.99. The van der Waals surface area contributed by atoms with Gasteiger partial charge in [0.05, 0.1) is 0 Å². The van der Waals surface area contributed by atoms with Gasteiger partial charge in [-0.1, -0.05) is 18.2 Å². The highest BCUT2D eigenvalue weighted by atomic mass is 19.1. The number of hydrogen-bond acceptors (Lipinski definition) is 2. The molecule has 124 valence electrons. The average molecular weight is 326 g/mol. The van der Waals surface area contributed by atoms with Crippen LogP contribution in [0.5, 0.6) is 0 Å². The minimum absolute atomic E-state index is 0.135. The number of carbonyl (C=O) groups excluding carboxylic acids is 2. The first kappa shape index (κ1) is 16.2. The fourth-order valence-corrected chi connectivity index (χ4v) is 3.01. The second kappa shape index (κ2) is 6.83. The van der Waals surface area contributed by atoms with Crippen molar-refractivity contribution in [2.45, 2.75) is 25.8 Å². The molecule has 1 N–H and O–H groups in total. The van der Waals surface area contributed by atoms with E-state index in [-0.39, 0.29) is 17.6 Å². The molecule has 0 aromatic heterocycles. The van der Waals surface area contributed by atoms with Gasteiger partial charge in [-0.25, -0.2) is 4.39 Å². The lowest BCUT2D eigenvalue weighted by Gasteiger charge is -2.24. The third kappa shape index (κ3) is 3.30. The summed E-state index contributed by atoms with van der Waals surface area (Å²) in [6.45, 7) is 2.30. The van der Waals surface area contributed by atoms with Crippen molar-refractivity contribution in [2.75, 3.05) is 11.9 Å². The highest BCUT2D eigenvalue weighted by Crippen LogP contribution is 2.23. The average Bonchev–Trinajstić information content (AvgIpc) is 3.07. The summed E-state index contributed by atoms with van der Waals surface area (Å²) >= 11 is 0. The Kier molecular flexibility index (Phi) is 4.60. The Bertz CT molecular complexity index is 761. The van der Waals surface area contributed by atoms with E-state index in [2.05, 4.69) is 5.32 Å². The Morgan fingerprint density at radius 2 is 1.92 bits per heavy atom. The molecule has 3 rings (SSSR count). The summed E-state index contributed by atoms with van der Waals surface area (Å²) in [5.41, 5.74) is 1.80. The van der Waals surface area contributed by atoms with Crippen molar-refractivity contribution in [3.8, 4) is 0 Å². The molecule has 5 heteroatoms. The van der Waals surface area contributed by atoms with Crippen molar-refractivity contribution >= 4 is 17.5 Å². The Morgan fingerprint density at radius 3 is 2.62 bits per heavy atom. The van der Waals surface area contributed by atoms with Crippen LogP contribution in [0.4, 0.5) is 10.1 Å². The van der Waals surface area contributed by atoms with Crippen LogP contribution in [0, 0.1) is 12.7 Å². The maximum atomic E-state index is 13.2. The summed E-state index contributed by atoms with van der Waals surface area (Å²) in [6.07, 6.45) is 1.42. The normalized spacial score (nSPS) is 16.9. The number of nitrogens with zero attached hydrogens (tertiary/aromatic N) is 1. The number of halogens is 1. The van der Waals surface area contributed by atoms with Crippen molar-refractivity contribution < 1.29 is 14.0 Å². The Hall–Kier alpha value is -2.69. The van der Waals surface area contributed by atoms with Crippen LogP contribution in [-0.2, 0) is 4.79 Å². The second-order valence-corrected chi connectivity index (χ2v) is 5.97. The summed E-state index contributed by atoms with van der Waals surface area (Å²) in [7, 11) is 0. The summed E-state index contributed by atoms with van der Waals surface area (Å²) in [5, 5.41) is 2.82. The monoisotopic (exact) mass is 326 g/mol. The minimum atomic E-state index is -0.498. The third-order valence-electron chi connectivity index (χ3n) is 4.28. The quantitative estimate of drug-likeness (QED) is 0.940. The van der Waals surface area contributed by atoms with E-state index in [9.17, 15) is 14.0 Å². The standard InChI is InChI=1S/C19H19FN2O2/c1-13-12-15(20)9-10-16(13)21-18(23)17-8-5-11-22(17)19(24)14-6-3-2-4-7-14/h2-4,6-7,9-10,12,17H,5,8,11H2,1H3,(H,21,23)/t17-/m0/s1. The predicted octanol–water partition coefficient (Wildman–Crippen LogP) is 3.38. The second-order valence-electron chi connectivity index (χ2n) is 5.97. The zero-order chi connectivity index (χ0) is 17.1. The van der Waals surface area contributed by atoms with Gasteiger partial charge >= 0.3 is 0 Å². The molecule has 0 radical (unpaired) electrons. The Morgan fingerprint density at radius 1 is 1.17 bits per heavy atom. The van der Waals surface area contributed by atoms with E-state index >= 15 is 0 Å². The van der Waals surface area contributed by atoms with E-state index < -0.39 is 6.04 Å². The van der Waals surface area contributed by atoms with Crippen molar-refractivity contribution in [1.29, 1.82) is 0 Å². The lowest BCUT2D eigenvalue weighted by molar-refractivity contribution is -0.119. The predicted molar refractivity (Wildman–Crippen MR) is 90.3 cm³/mol. The minimum Gasteiger partial charge on any atom is -0.327 e. The van der Waals surface area contributed by atoms with E-state index in [1.54, 1.807) is 42.2 Å². The third-order valence-corrected chi connectivity index (χ3v) is 4.28. The number of likely N-dealkylation sites (tertiary alicyclic amines) is 1. The van der Waals surface area contributed by atoms with Crippen molar-refractivity contribution in [1.82, 2.24) is 4.90 Å². The van der Waals surface area contributed by atoms with Crippen LogP contribution in [0.15, 0.2) is 48.5 Å². The lowest BCUT2D eigenvalue weighted by Crippen LogP contribution is -2.43. The first-order valence-corrected chi connectivity index (χ1v) is 7.99. The van der Waals surface area contributed by atoms with Crippen LogP contribution >= 0.6 is 0 Å². The largest absolute Gasteiger partial charge is 0.327 e. The highest BCUT2D eigenvalue weighted by Gasteiger charge is 2.34. The number of anilines is 1. The number of aryl methyl sites for hydroxylation is 1. The molecule has 0 saturated carbocycles. The molecule has 0 spiro atoms. The van der Waals surface area contributed by atoms with Gasteiger partial charge in [-0.05, 0) is 55.7 Å². The molecule has 1 aliphatic rings. The SMILES string of the molecule is Cc1cc(F)ccc1NC(=O)[C@@H]1CCCN1C(=O)c1ccccc1. The molecule has 0 unspecified atom stereocenters. The van der Waals surface area contributed by atoms with Gasteiger partial charge in [-0.2, -0.15) is 0 Å². The van der Waals surface area contributed by atoms with E-state index in [0.717, 1.165) is 6.42 Å². The van der Waals surface area contributed by atoms with E-state index in [0.29, 0.717) is 29.8 Å².